The number of methoxy groups -OCH3 is 1. The molecule has 0 bridgehead atoms. The van der Waals surface area contributed by atoms with Crippen LogP contribution in [0.3, 0.4) is 0 Å². The van der Waals surface area contributed by atoms with Crippen molar-refractivity contribution >= 4 is 11.5 Å². The third-order valence-corrected chi connectivity index (χ3v) is 3.78. The fourth-order valence-corrected chi connectivity index (χ4v) is 2.56. The fourth-order valence-electron chi connectivity index (χ4n) is 2.56. The molecule has 0 saturated carbocycles. The molecule has 5 heteroatoms. The lowest BCUT2D eigenvalue weighted by Gasteiger charge is -2.38. The number of anilines is 1. The molecule has 2 atom stereocenters. The molecule has 0 amide bonds. The first kappa shape index (κ1) is 13.8. The van der Waals surface area contributed by atoms with Crippen LogP contribution in [0.4, 0.5) is 10.1 Å². The number of nitrogens with zero attached hydrogens (tertiary/aromatic N) is 1. The summed E-state index contributed by atoms with van der Waals surface area (Å²) < 4.78 is 18.8. The lowest BCUT2D eigenvalue weighted by Crippen LogP contribution is -2.44. The van der Waals surface area contributed by atoms with E-state index >= 15 is 0 Å². The Morgan fingerprint density at radius 3 is 2.89 bits per heavy atom. The largest absolute Gasteiger partial charge is 0.384 e. The van der Waals surface area contributed by atoms with Gasteiger partial charge in [-0.25, -0.2) is 4.39 Å². The van der Waals surface area contributed by atoms with Gasteiger partial charge in [0, 0.05) is 31.5 Å². The Labute approximate surface area is 112 Å². The van der Waals surface area contributed by atoms with E-state index in [9.17, 15) is 4.39 Å². The molecule has 0 aliphatic carbocycles. The lowest BCUT2D eigenvalue weighted by molar-refractivity contribution is 0.0498. The molecule has 1 saturated heterocycles. The highest BCUT2D eigenvalue weighted by atomic mass is 19.1. The van der Waals surface area contributed by atoms with E-state index in [0.29, 0.717) is 11.5 Å². The van der Waals surface area contributed by atoms with Crippen molar-refractivity contribution in [2.75, 3.05) is 25.1 Å². The number of ether oxygens (including phenoxy) is 1. The third kappa shape index (κ3) is 2.87. The number of amidine groups is 1. The molecule has 0 aromatic heterocycles. The predicted molar refractivity (Wildman–Crippen MR) is 74.2 cm³/mol. The van der Waals surface area contributed by atoms with Crippen molar-refractivity contribution in [3.05, 3.63) is 29.6 Å². The Morgan fingerprint density at radius 2 is 2.26 bits per heavy atom. The van der Waals surface area contributed by atoms with Crippen LogP contribution in [0.25, 0.3) is 0 Å². The molecule has 104 valence electrons. The summed E-state index contributed by atoms with van der Waals surface area (Å²) in [6.45, 7) is 3.78. The summed E-state index contributed by atoms with van der Waals surface area (Å²) >= 11 is 0. The van der Waals surface area contributed by atoms with Crippen molar-refractivity contribution in [2.24, 2.45) is 11.7 Å². The number of hydrogen-bond donors (Lipinski definition) is 2. The molecule has 2 rings (SSSR count). The first-order valence-corrected chi connectivity index (χ1v) is 6.44. The van der Waals surface area contributed by atoms with Gasteiger partial charge < -0.3 is 15.4 Å². The molecular formula is C14H20FN3O. The van der Waals surface area contributed by atoms with Gasteiger partial charge in [0.15, 0.2) is 0 Å². The number of benzene rings is 1. The molecule has 4 nitrogen and oxygen atoms in total. The summed E-state index contributed by atoms with van der Waals surface area (Å²) in [6.07, 6.45) is 1.16. The van der Waals surface area contributed by atoms with Crippen LogP contribution in [0.2, 0.25) is 0 Å². The van der Waals surface area contributed by atoms with E-state index in [2.05, 4.69) is 11.8 Å². The van der Waals surface area contributed by atoms with Gasteiger partial charge in [-0.05, 0) is 30.5 Å². The molecule has 1 aromatic rings. The van der Waals surface area contributed by atoms with Crippen LogP contribution in [-0.4, -0.2) is 32.1 Å². The SMILES string of the molecule is COC1CN(c2ccc(F)cc2C(=N)N)CCC1C. The summed E-state index contributed by atoms with van der Waals surface area (Å²) in [5.74, 6) is 0.0205. The van der Waals surface area contributed by atoms with E-state index in [0.717, 1.165) is 25.2 Å². The summed E-state index contributed by atoms with van der Waals surface area (Å²) in [6, 6.07) is 4.41. The number of nitrogens with two attached hydrogens (primary N) is 1. The number of piperidine rings is 1. The highest BCUT2D eigenvalue weighted by molar-refractivity contribution is 6.00. The third-order valence-electron chi connectivity index (χ3n) is 3.78. The van der Waals surface area contributed by atoms with Gasteiger partial charge in [0.05, 0.1) is 6.10 Å². The molecule has 1 aromatic carbocycles. The summed E-state index contributed by atoms with van der Waals surface area (Å²) in [5.41, 5.74) is 6.80. The van der Waals surface area contributed by atoms with Gasteiger partial charge in [0.25, 0.3) is 0 Å². The van der Waals surface area contributed by atoms with Gasteiger partial charge in [0.2, 0.25) is 0 Å². The van der Waals surface area contributed by atoms with E-state index in [1.54, 1.807) is 13.2 Å². The van der Waals surface area contributed by atoms with Gasteiger partial charge in [0.1, 0.15) is 11.7 Å². The minimum Gasteiger partial charge on any atom is -0.384 e. The average Bonchev–Trinajstić information content (AvgIpc) is 2.39. The second-order valence-corrected chi connectivity index (χ2v) is 5.06. The maximum Gasteiger partial charge on any atom is 0.125 e. The maximum atomic E-state index is 13.3. The number of rotatable bonds is 3. The highest BCUT2D eigenvalue weighted by Crippen LogP contribution is 2.28. The van der Waals surface area contributed by atoms with Crippen LogP contribution in [-0.2, 0) is 4.74 Å². The van der Waals surface area contributed by atoms with Gasteiger partial charge >= 0.3 is 0 Å². The molecule has 1 aliphatic heterocycles. The molecule has 1 aliphatic rings. The molecular weight excluding hydrogens is 245 g/mol. The Hall–Kier alpha value is -1.62. The molecule has 1 fully saturated rings. The van der Waals surface area contributed by atoms with Crippen molar-refractivity contribution in [3.8, 4) is 0 Å². The first-order chi connectivity index (χ1) is 9.02. The Kier molecular flexibility index (Phi) is 4.04. The van der Waals surface area contributed by atoms with Crippen LogP contribution in [0.15, 0.2) is 18.2 Å². The fraction of sp³-hybridized carbons (Fsp3) is 0.500. The zero-order chi connectivity index (χ0) is 14.0. The van der Waals surface area contributed by atoms with Crippen LogP contribution in [0.5, 0.6) is 0 Å². The topological polar surface area (TPSA) is 62.3 Å². The van der Waals surface area contributed by atoms with Gasteiger partial charge in [-0.15, -0.1) is 0 Å². The van der Waals surface area contributed by atoms with E-state index in [-0.39, 0.29) is 17.8 Å². The Bertz CT molecular complexity index is 478. The van der Waals surface area contributed by atoms with Gasteiger partial charge in [-0.2, -0.15) is 0 Å². The monoisotopic (exact) mass is 265 g/mol. The molecule has 0 radical (unpaired) electrons. The van der Waals surface area contributed by atoms with Gasteiger partial charge in [-0.1, -0.05) is 6.92 Å². The number of nitrogens with one attached hydrogen (secondary N) is 1. The minimum absolute atomic E-state index is 0.109. The lowest BCUT2D eigenvalue weighted by atomic mass is 9.95. The normalized spacial score (nSPS) is 23.4. The molecule has 2 unspecified atom stereocenters. The second kappa shape index (κ2) is 5.57. The van der Waals surface area contributed by atoms with Crippen molar-refractivity contribution in [3.63, 3.8) is 0 Å². The standard InChI is InChI=1S/C14H20FN3O/c1-9-5-6-18(8-13(9)19-2)12-4-3-10(15)7-11(12)14(16)17/h3-4,7,9,13H,5-6,8H2,1-2H3,(H3,16,17). The van der Waals surface area contributed by atoms with Crippen molar-refractivity contribution < 1.29 is 9.13 Å². The number of hydrogen-bond acceptors (Lipinski definition) is 3. The molecule has 0 spiro atoms. The number of halogens is 1. The van der Waals surface area contributed by atoms with Gasteiger partial charge in [-0.3, -0.25) is 5.41 Å². The quantitative estimate of drug-likeness (QED) is 0.649. The highest BCUT2D eigenvalue weighted by Gasteiger charge is 2.27. The summed E-state index contributed by atoms with van der Waals surface area (Å²) in [7, 11) is 1.71. The zero-order valence-electron chi connectivity index (χ0n) is 11.3. The van der Waals surface area contributed by atoms with Crippen molar-refractivity contribution in [2.45, 2.75) is 19.4 Å². The van der Waals surface area contributed by atoms with Crippen LogP contribution in [0, 0.1) is 17.1 Å². The van der Waals surface area contributed by atoms with Crippen LogP contribution >= 0.6 is 0 Å². The Morgan fingerprint density at radius 1 is 1.53 bits per heavy atom. The predicted octanol–water partition coefficient (Wildman–Crippen LogP) is 1.97. The van der Waals surface area contributed by atoms with Crippen LogP contribution < -0.4 is 10.6 Å². The van der Waals surface area contributed by atoms with E-state index in [4.69, 9.17) is 15.9 Å². The summed E-state index contributed by atoms with van der Waals surface area (Å²) in [5, 5.41) is 7.58. The Balaban J connectivity index is 2.29. The maximum absolute atomic E-state index is 13.3. The van der Waals surface area contributed by atoms with Crippen molar-refractivity contribution in [1.29, 1.82) is 5.41 Å². The molecule has 19 heavy (non-hydrogen) atoms. The van der Waals surface area contributed by atoms with E-state index < -0.39 is 0 Å². The zero-order valence-corrected chi connectivity index (χ0v) is 11.3. The summed E-state index contributed by atoms with van der Waals surface area (Å²) in [4.78, 5) is 2.12. The van der Waals surface area contributed by atoms with Crippen LogP contribution in [0.1, 0.15) is 18.9 Å². The number of nitrogen functional groups attached to an aromatic ring is 1. The average molecular weight is 265 g/mol. The second-order valence-electron chi connectivity index (χ2n) is 5.06. The van der Waals surface area contributed by atoms with E-state index in [1.165, 1.54) is 12.1 Å². The molecule has 1 heterocycles. The smallest absolute Gasteiger partial charge is 0.125 e. The molecule has 3 N–H and O–H groups in total. The van der Waals surface area contributed by atoms with E-state index in [1.807, 2.05) is 0 Å². The van der Waals surface area contributed by atoms with Crippen molar-refractivity contribution in [1.82, 2.24) is 0 Å². The minimum atomic E-state index is -0.373. The first-order valence-electron chi connectivity index (χ1n) is 6.44.